The molecule has 0 heterocycles. The van der Waals surface area contributed by atoms with E-state index in [-0.39, 0.29) is 22.1 Å². The Labute approximate surface area is 132 Å². The molecule has 0 aromatic heterocycles. The van der Waals surface area contributed by atoms with Crippen molar-refractivity contribution in [1.82, 2.24) is 0 Å². The number of hydrogen-bond acceptors (Lipinski definition) is 3. The van der Waals surface area contributed by atoms with E-state index in [2.05, 4.69) is 21.2 Å². The molecule has 1 N–H and O–H groups in total. The number of alkyl halides is 1. The molecule has 0 unspecified atom stereocenters. The Morgan fingerprint density at radius 1 is 1.00 bits per heavy atom. The van der Waals surface area contributed by atoms with Crippen LogP contribution in [0.15, 0.2) is 64.4 Å². The van der Waals surface area contributed by atoms with Crippen LogP contribution in [0.3, 0.4) is 0 Å². The van der Waals surface area contributed by atoms with Crippen molar-refractivity contribution in [2.45, 2.75) is 16.2 Å². The zero-order valence-corrected chi connectivity index (χ0v) is 13.5. The molecule has 0 aliphatic heterocycles. The van der Waals surface area contributed by atoms with Crippen LogP contribution in [0.4, 0.5) is 5.69 Å². The maximum atomic E-state index is 12.6. The van der Waals surface area contributed by atoms with Gasteiger partial charge < -0.3 is 5.32 Å². The molecule has 0 aliphatic carbocycles. The molecule has 0 radical (unpaired) electrons. The molecule has 0 bridgehead atoms. The first kappa shape index (κ1) is 15.7. The molecule has 4 nitrogen and oxygen atoms in total. The number of nitrogens with one attached hydrogen (secondary N) is 1. The first-order valence-corrected chi connectivity index (χ1v) is 8.91. The van der Waals surface area contributed by atoms with Crippen molar-refractivity contribution in [2.75, 3.05) is 10.6 Å². The van der Waals surface area contributed by atoms with Gasteiger partial charge in [-0.2, -0.15) is 0 Å². The summed E-state index contributed by atoms with van der Waals surface area (Å²) in [6.07, 6.45) is 0.277. The molecule has 0 aliphatic rings. The minimum absolute atomic E-state index is 0.0964. The lowest BCUT2D eigenvalue weighted by atomic mass is 10.3. The molecule has 2 aromatic carbocycles. The van der Waals surface area contributed by atoms with Crippen LogP contribution in [0.25, 0.3) is 0 Å². The van der Waals surface area contributed by atoms with E-state index in [9.17, 15) is 13.2 Å². The fourth-order valence-electron chi connectivity index (χ4n) is 1.83. The minimum atomic E-state index is -3.66. The van der Waals surface area contributed by atoms with Gasteiger partial charge in [0.25, 0.3) is 0 Å². The lowest BCUT2D eigenvalue weighted by Crippen LogP contribution is -2.14. The summed E-state index contributed by atoms with van der Waals surface area (Å²) in [5.74, 6) is -0.234. The fourth-order valence-corrected chi connectivity index (χ4v) is 3.63. The monoisotopic (exact) mass is 367 g/mol. The SMILES string of the molecule is O=C(CCBr)Nc1ccccc1S(=O)(=O)c1ccccc1. The van der Waals surface area contributed by atoms with E-state index in [0.29, 0.717) is 11.0 Å². The van der Waals surface area contributed by atoms with E-state index in [1.54, 1.807) is 36.4 Å². The van der Waals surface area contributed by atoms with Gasteiger partial charge in [-0.1, -0.05) is 46.3 Å². The second kappa shape index (κ2) is 6.87. The van der Waals surface area contributed by atoms with E-state index in [4.69, 9.17) is 0 Å². The minimum Gasteiger partial charge on any atom is -0.325 e. The van der Waals surface area contributed by atoms with E-state index in [0.717, 1.165) is 0 Å². The predicted molar refractivity (Wildman–Crippen MR) is 85.4 cm³/mol. The zero-order chi connectivity index (χ0) is 15.3. The van der Waals surface area contributed by atoms with Gasteiger partial charge in [-0.3, -0.25) is 4.79 Å². The molecule has 110 valence electrons. The molecule has 0 spiro atoms. The van der Waals surface area contributed by atoms with E-state index >= 15 is 0 Å². The van der Waals surface area contributed by atoms with Gasteiger partial charge in [-0.25, -0.2) is 8.42 Å². The molecule has 0 fully saturated rings. The molecule has 1 amide bonds. The Balaban J connectivity index is 2.43. The number of carbonyl (C=O) groups excluding carboxylic acids is 1. The Kier molecular flexibility index (Phi) is 5.14. The zero-order valence-electron chi connectivity index (χ0n) is 11.1. The number of hydrogen-bond donors (Lipinski definition) is 1. The summed E-state index contributed by atoms with van der Waals surface area (Å²) in [5, 5.41) is 3.16. The Morgan fingerprint density at radius 3 is 2.29 bits per heavy atom. The van der Waals surface area contributed by atoms with E-state index in [1.807, 2.05) is 0 Å². The second-order valence-electron chi connectivity index (χ2n) is 4.30. The molecule has 0 saturated heterocycles. The summed E-state index contributed by atoms with van der Waals surface area (Å²) in [6.45, 7) is 0. The fraction of sp³-hybridized carbons (Fsp3) is 0.133. The van der Waals surface area contributed by atoms with Crippen LogP contribution in [0.1, 0.15) is 6.42 Å². The van der Waals surface area contributed by atoms with Crippen molar-refractivity contribution in [2.24, 2.45) is 0 Å². The van der Waals surface area contributed by atoms with Gasteiger partial charge in [0.15, 0.2) is 0 Å². The number of sulfone groups is 1. The normalized spacial score (nSPS) is 11.1. The van der Waals surface area contributed by atoms with Crippen molar-refractivity contribution in [3.63, 3.8) is 0 Å². The number of carbonyl (C=O) groups is 1. The Bertz CT molecular complexity index is 730. The lowest BCUT2D eigenvalue weighted by Gasteiger charge is -2.11. The van der Waals surface area contributed by atoms with Gasteiger partial charge in [-0.15, -0.1) is 0 Å². The van der Waals surface area contributed by atoms with Crippen molar-refractivity contribution in [1.29, 1.82) is 0 Å². The standard InChI is InChI=1S/C15H14BrNO3S/c16-11-10-15(18)17-13-8-4-5-9-14(13)21(19,20)12-6-2-1-3-7-12/h1-9H,10-11H2,(H,17,18). The molecular weight excluding hydrogens is 354 g/mol. The third-order valence-corrected chi connectivity index (χ3v) is 5.05. The van der Waals surface area contributed by atoms with Crippen molar-refractivity contribution < 1.29 is 13.2 Å². The maximum Gasteiger partial charge on any atom is 0.225 e. The van der Waals surface area contributed by atoms with Crippen molar-refractivity contribution >= 4 is 37.4 Å². The van der Waals surface area contributed by atoms with Gasteiger partial charge in [0.1, 0.15) is 0 Å². The summed E-state index contributed by atoms with van der Waals surface area (Å²) in [4.78, 5) is 12.0. The third-order valence-electron chi connectivity index (χ3n) is 2.83. The van der Waals surface area contributed by atoms with Crippen LogP contribution in [-0.4, -0.2) is 19.7 Å². The van der Waals surface area contributed by atoms with Crippen LogP contribution in [0.2, 0.25) is 0 Å². The third kappa shape index (κ3) is 3.71. The molecule has 0 saturated carbocycles. The first-order valence-electron chi connectivity index (χ1n) is 6.30. The van der Waals surface area contributed by atoms with Gasteiger partial charge in [0.2, 0.25) is 15.7 Å². The number of anilines is 1. The summed E-state index contributed by atoms with van der Waals surface area (Å²) in [5.41, 5.74) is 0.298. The quantitative estimate of drug-likeness (QED) is 0.825. The topological polar surface area (TPSA) is 63.2 Å². The maximum absolute atomic E-state index is 12.6. The predicted octanol–water partition coefficient (Wildman–Crippen LogP) is 3.24. The van der Waals surface area contributed by atoms with E-state index < -0.39 is 9.84 Å². The average Bonchev–Trinajstić information content (AvgIpc) is 2.49. The number of halogens is 1. The second-order valence-corrected chi connectivity index (χ2v) is 7.01. The van der Waals surface area contributed by atoms with Crippen LogP contribution >= 0.6 is 15.9 Å². The van der Waals surface area contributed by atoms with Crippen LogP contribution in [0, 0.1) is 0 Å². The molecule has 6 heteroatoms. The largest absolute Gasteiger partial charge is 0.325 e. The highest BCUT2D eigenvalue weighted by molar-refractivity contribution is 9.09. The van der Waals surface area contributed by atoms with Crippen molar-refractivity contribution in [3.8, 4) is 0 Å². The van der Waals surface area contributed by atoms with Gasteiger partial charge in [0.05, 0.1) is 15.5 Å². The van der Waals surface area contributed by atoms with Gasteiger partial charge >= 0.3 is 0 Å². The Hall–Kier alpha value is -1.66. The van der Waals surface area contributed by atoms with Crippen LogP contribution < -0.4 is 5.32 Å². The molecule has 2 rings (SSSR count). The van der Waals surface area contributed by atoms with E-state index in [1.165, 1.54) is 18.2 Å². The first-order chi connectivity index (χ1) is 10.1. The summed E-state index contributed by atoms with van der Waals surface area (Å²) in [6, 6.07) is 14.6. The highest BCUT2D eigenvalue weighted by Gasteiger charge is 2.21. The smallest absolute Gasteiger partial charge is 0.225 e. The van der Waals surface area contributed by atoms with Gasteiger partial charge in [0, 0.05) is 11.8 Å². The van der Waals surface area contributed by atoms with Gasteiger partial charge in [-0.05, 0) is 24.3 Å². The van der Waals surface area contributed by atoms with Crippen LogP contribution in [-0.2, 0) is 14.6 Å². The molecule has 0 atom stereocenters. The number of para-hydroxylation sites is 1. The summed E-state index contributed by atoms with van der Waals surface area (Å²) < 4.78 is 25.3. The summed E-state index contributed by atoms with van der Waals surface area (Å²) >= 11 is 3.18. The van der Waals surface area contributed by atoms with Crippen molar-refractivity contribution in [3.05, 3.63) is 54.6 Å². The molecular formula is C15H14BrNO3S. The number of amides is 1. The number of benzene rings is 2. The average molecular weight is 368 g/mol. The Morgan fingerprint density at radius 2 is 1.62 bits per heavy atom. The lowest BCUT2D eigenvalue weighted by molar-refractivity contribution is -0.115. The highest BCUT2D eigenvalue weighted by atomic mass is 79.9. The van der Waals surface area contributed by atoms with Crippen LogP contribution in [0.5, 0.6) is 0 Å². The molecule has 2 aromatic rings. The summed E-state index contributed by atoms with van der Waals surface area (Å²) in [7, 11) is -3.66. The highest BCUT2D eigenvalue weighted by Crippen LogP contribution is 2.27. The number of rotatable bonds is 5. The molecule has 21 heavy (non-hydrogen) atoms.